The Labute approximate surface area is 135 Å². The molecule has 0 saturated carbocycles. The fraction of sp³-hybridized carbons (Fsp3) is 0.286. The van der Waals surface area contributed by atoms with Crippen molar-refractivity contribution < 1.29 is 9.18 Å². The normalized spacial score (nSPS) is 11.1. The molecule has 7 heteroatoms. The van der Waals surface area contributed by atoms with Crippen molar-refractivity contribution in [2.24, 2.45) is 0 Å². The summed E-state index contributed by atoms with van der Waals surface area (Å²) < 4.78 is 15.1. The molecule has 1 heterocycles. The van der Waals surface area contributed by atoms with Crippen molar-refractivity contribution in [2.45, 2.75) is 6.54 Å². The van der Waals surface area contributed by atoms with Gasteiger partial charge >= 0.3 is 0 Å². The highest BCUT2D eigenvalue weighted by atomic mass is 79.9. The smallest absolute Gasteiger partial charge is 0.212 e. The third-order valence-electron chi connectivity index (χ3n) is 2.95. The molecule has 21 heavy (non-hydrogen) atoms. The third-order valence-corrected chi connectivity index (χ3v) is 3.83. The number of aromatic nitrogens is 2. The van der Waals surface area contributed by atoms with Crippen molar-refractivity contribution >= 4 is 33.3 Å². The van der Waals surface area contributed by atoms with Crippen molar-refractivity contribution in [3.05, 3.63) is 51.0 Å². The molecule has 1 aromatic heterocycles. The zero-order chi connectivity index (χ0) is 15.6. The van der Waals surface area contributed by atoms with Gasteiger partial charge in [-0.05, 0) is 48.2 Å². The van der Waals surface area contributed by atoms with Crippen molar-refractivity contribution in [1.29, 1.82) is 0 Å². The van der Waals surface area contributed by atoms with Gasteiger partial charge in [-0.2, -0.15) is 5.10 Å². The quantitative estimate of drug-likeness (QED) is 0.754. The molecular formula is C14H14BrClFN3O. The van der Waals surface area contributed by atoms with Crippen molar-refractivity contribution in [3.63, 3.8) is 0 Å². The van der Waals surface area contributed by atoms with E-state index in [1.54, 1.807) is 4.68 Å². The van der Waals surface area contributed by atoms with E-state index in [2.05, 4.69) is 21.0 Å². The maximum Gasteiger partial charge on any atom is 0.212 e. The van der Waals surface area contributed by atoms with Gasteiger partial charge < -0.3 is 4.90 Å². The first-order valence-corrected chi connectivity index (χ1v) is 7.43. The molecule has 0 unspecified atom stereocenters. The van der Waals surface area contributed by atoms with Crippen LogP contribution in [0.25, 0.3) is 0 Å². The molecule has 2 aromatic rings. The van der Waals surface area contributed by atoms with E-state index in [0.717, 1.165) is 6.54 Å². The van der Waals surface area contributed by atoms with E-state index in [1.165, 1.54) is 24.4 Å². The molecule has 0 spiro atoms. The Morgan fingerprint density at radius 2 is 2.19 bits per heavy atom. The highest BCUT2D eigenvalue weighted by molar-refractivity contribution is 9.10. The minimum Gasteiger partial charge on any atom is -0.308 e. The average Bonchev–Trinajstić information content (AvgIpc) is 2.80. The molecular weight excluding hydrogens is 361 g/mol. The molecule has 0 aliphatic heterocycles. The zero-order valence-electron chi connectivity index (χ0n) is 11.6. The van der Waals surface area contributed by atoms with Crippen LogP contribution in [0, 0.1) is 5.82 Å². The summed E-state index contributed by atoms with van der Waals surface area (Å²) in [5, 5.41) is 4.42. The second-order valence-electron chi connectivity index (χ2n) is 4.83. The number of carbonyl (C=O) groups excluding carboxylic acids is 1. The lowest BCUT2D eigenvalue weighted by Crippen LogP contribution is -2.21. The van der Waals surface area contributed by atoms with Gasteiger partial charge in [-0.1, -0.05) is 11.6 Å². The lowest BCUT2D eigenvalue weighted by atomic mass is 10.1. The molecule has 0 aliphatic carbocycles. The maximum atomic E-state index is 13.3. The van der Waals surface area contributed by atoms with Crippen LogP contribution in [0.4, 0.5) is 4.39 Å². The molecule has 0 aliphatic rings. The van der Waals surface area contributed by atoms with Crippen molar-refractivity contribution in [1.82, 2.24) is 14.7 Å². The molecule has 1 aromatic carbocycles. The number of rotatable bonds is 5. The van der Waals surface area contributed by atoms with Gasteiger partial charge in [0.2, 0.25) is 5.78 Å². The summed E-state index contributed by atoms with van der Waals surface area (Å²) in [6.45, 7) is 1.27. The van der Waals surface area contributed by atoms with Gasteiger partial charge in [0.25, 0.3) is 0 Å². The topological polar surface area (TPSA) is 38.1 Å². The standard InChI is InChI=1S/C14H14BrClFN3O/c1-19(2)5-6-20-13(11(16)8-18-20)14(21)9-3-4-12(17)10(15)7-9/h3-4,7-8H,5-6H2,1-2H3. The van der Waals surface area contributed by atoms with Crippen LogP contribution in [-0.2, 0) is 6.54 Å². The van der Waals surface area contributed by atoms with Crippen LogP contribution in [0.3, 0.4) is 0 Å². The number of hydrogen-bond acceptors (Lipinski definition) is 3. The van der Waals surface area contributed by atoms with E-state index < -0.39 is 5.82 Å². The average molecular weight is 375 g/mol. The lowest BCUT2D eigenvalue weighted by molar-refractivity contribution is 0.102. The second kappa shape index (κ2) is 6.68. The first kappa shape index (κ1) is 16.1. The van der Waals surface area contributed by atoms with E-state index in [4.69, 9.17) is 11.6 Å². The summed E-state index contributed by atoms with van der Waals surface area (Å²) in [6.07, 6.45) is 1.45. The number of ketones is 1. The van der Waals surface area contributed by atoms with E-state index >= 15 is 0 Å². The van der Waals surface area contributed by atoms with Gasteiger partial charge in [-0.25, -0.2) is 4.39 Å². The summed E-state index contributed by atoms with van der Waals surface area (Å²) in [5.74, 6) is -0.698. The molecule has 0 atom stereocenters. The van der Waals surface area contributed by atoms with Gasteiger partial charge in [0.15, 0.2) is 0 Å². The third kappa shape index (κ3) is 3.70. The molecule has 0 amide bonds. The molecule has 0 bridgehead atoms. The highest BCUT2D eigenvalue weighted by Gasteiger charge is 2.20. The largest absolute Gasteiger partial charge is 0.308 e. The van der Waals surface area contributed by atoms with Crippen LogP contribution < -0.4 is 0 Å². The Kier molecular flexibility index (Phi) is 5.13. The fourth-order valence-electron chi connectivity index (χ4n) is 1.83. The number of likely N-dealkylation sites (N-methyl/N-ethyl adjacent to an activating group) is 1. The van der Waals surface area contributed by atoms with Crippen LogP contribution >= 0.6 is 27.5 Å². The van der Waals surface area contributed by atoms with Crippen LogP contribution in [-0.4, -0.2) is 41.1 Å². The van der Waals surface area contributed by atoms with E-state index in [-0.39, 0.29) is 10.3 Å². The summed E-state index contributed by atoms with van der Waals surface area (Å²) in [4.78, 5) is 14.5. The predicted octanol–water partition coefficient (Wildman–Crippen LogP) is 3.23. The van der Waals surface area contributed by atoms with E-state index in [0.29, 0.717) is 22.8 Å². The predicted molar refractivity (Wildman–Crippen MR) is 83.3 cm³/mol. The zero-order valence-corrected chi connectivity index (χ0v) is 13.9. The first-order valence-electron chi connectivity index (χ1n) is 6.26. The van der Waals surface area contributed by atoms with Crippen LogP contribution in [0.1, 0.15) is 16.1 Å². The Hall–Kier alpha value is -1.24. The highest BCUT2D eigenvalue weighted by Crippen LogP contribution is 2.22. The monoisotopic (exact) mass is 373 g/mol. The number of benzene rings is 1. The van der Waals surface area contributed by atoms with E-state index in [1.807, 2.05) is 19.0 Å². The molecule has 112 valence electrons. The van der Waals surface area contributed by atoms with Gasteiger partial charge in [-0.3, -0.25) is 9.48 Å². The summed E-state index contributed by atoms with van der Waals surface area (Å²) in [5.41, 5.74) is 0.675. The molecule has 0 fully saturated rings. The van der Waals surface area contributed by atoms with Crippen LogP contribution in [0.2, 0.25) is 5.02 Å². The minimum absolute atomic E-state index is 0.240. The molecule has 4 nitrogen and oxygen atoms in total. The molecule has 0 N–H and O–H groups in total. The first-order chi connectivity index (χ1) is 9.90. The van der Waals surface area contributed by atoms with Crippen LogP contribution in [0.5, 0.6) is 0 Å². The number of nitrogens with zero attached hydrogens (tertiary/aromatic N) is 3. The van der Waals surface area contributed by atoms with Crippen LogP contribution in [0.15, 0.2) is 28.9 Å². The van der Waals surface area contributed by atoms with Gasteiger partial charge in [0, 0.05) is 12.1 Å². The summed E-state index contributed by atoms with van der Waals surface area (Å²) in [6, 6.07) is 4.12. The Morgan fingerprint density at radius 1 is 1.48 bits per heavy atom. The number of halogens is 3. The SMILES string of the molecule is CN(C)CCn1ncc(Cl)c1C(=O)c1ccc(F)c(Br)c1. The van der Waals surface area contributed by atoms with Gasteiger partial charge in [0.05, 0.1) is 22.2 Å². The fourth-order valence-corrected chi connectivity index (χ4v) is 2.43. The molecule has 0 saturated heterocycles. The van der Waals surface area contributed by atoms with Gasteiger partial charge in [0.1, 0.15) is 11.5 Å². The Morgan fingerprint density at radius 3 is 2.81 bits per heavy atom. The van der Waals surface area contributed by atoms with Gasteiger partial charge in [-0.15, -0.1) is 0 Å². The maximum absolute atomic E-state index is 13.3. The van der Waals surface area contributed by atoms with Crippen molar-refractivity contribution in [3.8, 4) is 0 Å². The minimum atomic E-state index is -0.418. The molecule has 0 radical (unpaired) electrons. The van der Waals surface area contributed by atoms with Crippen molar-refractivity contribution in [2.75, 3.05) is 20.6 Å². The lowest BCUT2D eigenvalue weighted by Gasteiger charge is -2.12. The second-order valence-corrected chi connectivity index (χ2v) is 6.09. The summed E-state index contributed by atoms with van der Waals surface area (Å²) in [7, 11) is 3.87. The van der Waals surface area contributed by atoms with E-state index in [9.17, 15) is 9.18 Å². The summed E-state index contributed by atoms with van der Waals surface area (Å²) >= 11 is 9.15. The number of carbonyl (C=O) groups is 1. The Bertz CT molecular complexity index is 672. The molecule has 2 rings (SSSR count). The number of hydrogen-bond donors (Lipinski definition) is 0. The Balaban J connectivity index is 2.34.